The zero-order chi connectivity index (χ0) is 15.5. The molecule has 4 nitrogen and oxygen atoms in total. The van der Waals surface area contributed by atoms with E-state index in [0.717, 1.165) is 12.8 Å². The summed E-state index contributed by atoms with van der Waals surface area (Å²) < 4.78 is 0. The topological polar surface area (TPSA) is 49.4 Å². The summed E-state index contributed by atoms with van der Waals surface area (Å²) in [6.07, 6.45) is 2.23. The maximum Gasteiger partial charge on any atom is 0.247 e. The van der Waals surface area contributed by atoms with E-state index < -0.39 is 5.54 Å². The highest BCUT2D eigenvalue weighted by atomic mass is 16.2. The summed E-state index contributed by atoms with van der Waals surface area (Å²) in [5.74, 6) is -0.0414. The van der Waals surface area contributed by atoms with Gasteiger partial charge in [-0.05, 0) is 39.2 Å². The Balaban J connectivity index is 1.99. The van der Waals surface area contributed by atoms with Crippen LogP contribution in [0.1, 0.15) is 39.2 Å². The van der Waals surface area contributed by atoms with E-state index in [0.29, 0.717) is 13.0 Å². The van der Waals surface area contributed by atoms with Gasteiger partial charge < -0.3 is 10.2 Å². The van der Waals surface area contributed by atoms with Crippen molar-refractivity contribution in [2.75, 3.05) is 6.54 Å². The maximum absolute atomic E-state index is 12.6. The number of carbonyl (C=O) groups excluding carboxylic acids is 2. The van der Waals surface area contributed by atoms with Gasteiger partial charge in [-0.2, -0.15) is 0 Å². The van der Waals surface area contributed by atoms with Gasteiger partial charge in [0, 0.05) is 19.0 Å². The Morgan fingerprint density at radius 3 is 2.57 bits per heavy atom. The van der Waals surface area contributed by atoms with E-state index in [1.807, 2.05) is 30.0 Å². The molecule has 1 aliphatic heterocycles. The predicted molar refractivity (Wildman–Crippen MR) is 82.8 cm³/mol. The minimum Gasteiger partial charge on any atom is -0.342 e. The number of aryl methyl sites for hydroxylation is 1. The Bertz CT molecular complexity index is 511. The molecule has 1 N–H and O–H groups in total. The highest BCUT2D eigenvalue weighted by Gasteiger charge is 2.39. The molecule has 1 fully saturated rings. The Labute approximate surface area is 126 Å². The zero-order valence-electron chi connectivity index (χ0n) is 13.1. The normalized spacial score (nSPS) is 21.9. The molecule has 1 aromatic carbocycles. The molecular weight excluding hydrogens is 264 g/mol. The first-order valence-corrected chi connectivity index (χ1v) is 7.56. The summed E-state index contributed by atoms with van der Waals surface area (Å²) in [4.78, 5) is 26.2. The molecule has 0 saturated carbocycles. The molecule has 0 spiro atoms. The number of nitrogens with one attached hydrogen (secondary N) is 1. The zero-order valence-corrected chi connectivity index (χ0v) is 13.1. The van der Waals surface area contributed by atoms with E-state index in [1.165, 1.54) is 5.56 Å². The summed E-state index contributed by atoms with van der Waals surface area (Å²) in [5, 5.41) is 2.81. The molecule has 1 aromatic rings. The highest BCUT2D eigenvalue weighted by molar-refractivity contribution is 5.93. The van der Waals surface area contributed by atoms with Crippen LogP contribution in [0.2, 0.25) is 0 Å². The lowest BCUT2D eigenvalue weighted by molar-refractivity contribution is -0.138. The van der Waals surface area contributed by atoms with Crippen LogP contribution < -0.4 is 5.32 Å². The Morgan fingerprint density at radius 2 is 1.90 bits per heavy atom. The van der Waals surface area contributed by atoms with Gasteiger partial charge in [0.25, 0.3) is 0 Å². The molecule has 114 valence electrons. The largest absolute Gasteiger partial charge is 0.342 e. The van der Waals surface area contributed by atoms with E-state index >= 15 is 0 Å². The molecular formula is C17H24N2O2. The van der Waals surface area contributed by atoms with E-state index in [4.69, 9.17) is 0 Å². The second-order valence-corrected chi connectivity index (χ2v) is 6.31. The fourth-order valence-electron chi connectivity index (χ4n) is 2.81. The molecule has 0 bridgehead atoms. The van der Waals surface area contributed by atoms with E-state index in [9.17, 15) is 9.59 Å². The van der Waals surface area contributed by atoms with Gasteiger partial charge in [0.15, 0.2) is 0 Å². The number of rotatable bonds is 4. The maximum atomic E-state index is 12.6. The van der Waals surface area contributed by atoms with Gasteiger partial charge in [-0.25, -0.2) is 0 Å². The predicted octanol–water partition coefficient (Wildman–Crippen LogP) is 2.13. The van der Waals surface area contributed by atoms with Crippen molar-refractivity contribution in [1.82, 2.24) is 10.2 Å². The van der Waals surface area contributed by atoms with Crippen molar-refractivity contribution >= 4 is 11.8 Å². The van der Waals surface area contributed by atoms with Gasteiger partial charge in [0.2, 0.25) is 11.8 Å². The quantitative estimate of drug-likeness (QED) is 0.922. The molecule has 2 rings (SSSR count). The molecule has 1 unspecified atom stereocenters. The van der Waals surface area contributed by atoms with Crippen LogP contribution in [0, 0.1) is 0 Å². The van der Waals surface area contributed by atoms with Crippen molar-refractivity contribution < 1.29 is 9.59 Å². The summed E-state index contributed by atoms with van der Waals surface area (Å²) in [6, 6.07) is 10.2. The van der Waals surface area contributed by atoms with Gasteiger partial charge in [-0.1, -0.05) is 30.3 Å². The third kappa shape index (κ3) is 3.84. The van der Waals surface area contributed by atoms with Crippen molar-refractivity contribution in [3.8, 4) is 0 Å². The molecule has 4 heteroatoms. The number of nitrogens with zero attached hydrogens (tertiary/aromatic N) is 1. The van der Waals surface area contributed by atoms with Crippen LogP contribution >= 0.6 is 0 Å². The summed E-state index contributed by atoms with van der Waals surface area (Å²) in [7, 11) is 0. The number of amides is 2. The van der Waals surface area contributed by atoms with Gasteiger partial charge >= 0.3 is 0 Å². The number of hydrogen-bond donors (Lipinski definition) is 1. The first-order valence-electron chi connectivity index (χ1n) is 7.56. The molecule has 1 atom stereocenters. The van der Waals surface area contributed by atoms with Crippen molar-refractivity contribution in [2.24, 2.45) is 0 Å². The van der Waals surface area contributed by atoms with Crippen LogP contribution in [0.15, 0.2) is 30.3 Å². The van der Waals surface area contributed by atoms with E-state index in [1.54, 1.807) is 13.8 Å². The molecule has 1 heterocycles. The second-order valence-electron chi connectivity index (χ2n) is 6.31. The molecule has 2 amide bonds. The summed E-state index contributed by atoms with van der Waals surface area (Å²) in [6.45, 7) is 6.18. The van der Waals surface area contributed by atoms with Gasteiger partial charge in [0.05, 0.1) is 0 Å². The van der Waals surface area contributed by atoms with Crippen molar-refractivity contribution in [3.05, 3.63) is 35.9 Å². The van der Waals surface area contributed by atoms with Crippen LogP contribution in [0.5, 0.6) is 0 Å². The third-order valence-corrected chi connectivity index (χ3v) is 3.97. The van der Waals surface area contributed by atoms with Crippen molar-refractivity contribution in [1.29, 1.82) is 0 Å². The van der Waals surface area contributed by atoms with Crippen LogP contribution in [-0.2, 0) is 16.0 Å². The van der Waals surface area contributed by atoms with E-state index in [-0.39, 0.29) is 17.9 Å². The van der Waals surface area contributed by atoms with E-state index in [2.05, 4.69) is 17.4 Å². The lowest BCUT2D eigenvalue weighted by Gasteiger charge is -2.32. The number of benzene rings is 1. The molecule has 1 saturated heterocycles. The fraction of sp³-hybridized carbons (Fsp3) is 0.529. The smallest absolute Gasteiger partial charge is 0.247 e. The third-order valence-electron chi connectivity index (χ3n) is 3.97. The fourth-order valence-corrected chi connectivity index (χ4v) is 2.81. The Morgan fingerprint density at radius 1 is 1.24 bits per heavy atom. The Hall–Kier alpha value is -1.84. The monoisotopic (exact) mass is 288 g/mol. The Kier molecular flexibility index (Phi) is 4.66. The summed E-state index contributed by atoms with van der Waals surface area (Å²) >= 11 is 0. The average Bonchev–Trinajstić information content (AvgIpc) is 2.49. The van der Waals surface area contributed by atoms with Crippen molar-refractivity contribution in [3.63, 3.8) is 0 Å². The number of carbonyl (C=O) groups is 2. The lowest BCUT2D eigenvalue weighted by Crippen LogP contribution is -2.53. The van der Waals surface area contributed by atoms with Crippen LogP contribution in [-0.4, -0.2) is 34.8 Å². The van der Waals surface area contributed by atoms with Crippen molar-refractivity contribution in [2.45, 2.75) is 51.6 Å². The highest BCUT2D eigenvalue weighted by Crippen LogP contribution is 2.18. The minimum atomic E-state index is -0.811. The minimum absolute atomic E-state index is 0.00825. The second kappa shape index (κ2) is 6.29. The first kappa shape index (κ1) is 15.5. The SMILES string of the molecule is CC1CC(=O)NC(C)(C)C(=O)N1CCCc1ccccc1. The molecule has 0 aromatic heterocycles. The van der Waals surface area contributed by atoms with Crippen LogP contribution in [0.3, 0.4) is 0 Å². The first-order chi connectivity index (χ1) is 9.90. The molecule has 0 aliphatic carbocycles. The van der Waals surface area contributed by atoms with Gasteiger partial charge in [-0.3, -0.25) is 9.59 Å². The molecule has 1 aliphatic rings. The molecule has 21 heavy (non-hydrogen) atoms. The standard InChI is InChI=1S/C17H24N2O2/c1-13-12-15(20)18-17(2,3)16(21)19(13)11-7-10-14-8-5-4-6-9-14/h4-6,8-9,13H,7,10-12H2,1-3H3,(H,18,20). The van der Waals surface area contributed by atoms with Gasteiger partial charge in [-0.15, -0.1) is 0 Å². The van der Waals surface area contributed by atoms with Crippen LogP contribution in [0.25, 0.3) is 0 Å². The molecule has 0 radical (unpaired) electrons. The summed E-state index contributed by atoms with van der Waals surface area (Å²) in [5.41, 5.74) is 0.468. The number of hydrogen-bond acceptors (Lipinski definition) is 2. The average molecular weight is 288 g/mol. The van der Waals surface area contributed by atoms with Crippen LogP contribution in [0.4, 0.5) is 0 Å². The van der Waals surface area contributed by atoms with Gasteiger partial charge in [0.1, 0.15) is 5.54 Å². The lowest BCUT2D eigenvalue weighted by atomic mass is 10.0.